The first-order valence-corrected chi connectivity index (χ1v) is 6.91. The molecular weight excluding hydrogens is 238 g/mol. The van der Waals surface area contributed by atoms with E-state index in [1.54, 1.807) is 6.33 Å². The van der Waals surface area contributed by atoms with Crippen LogP contribution in [0.25, 0.3) is 11.0 Å². The van der Waals surface area contributed by atoms with Crippen molar-refractivity contribution in [3.63, 3.8) is 0 Å². The van der Waals surface area contributed by atoms with Crippen molar-refractivity contribution in [2.75, 3.05) is 0 Å². The number of nitrogens with one attached hydrogen (secondary N) is 1. The molecule has 1 amide bonds. The average molecular weight is 257 g/mol. The number of carbonyl (C=O) groups is 1. The van der Waals surface area contributed by atoms with Crippen molar-refractivity contribution in [3.05, 3.63) is 30.6 Å². The molecule has 1 aromatic carbocycles. The van der Waals surface area contributed by atoms with E-state index in [2.05, 4.69) is 17.2 Å². The van der Waals surface area contributed by atoms with E-state index in [9.17, 15) is 4.79 Å². The van der Waals surface area contributed by atoms with E-state index in [0.717, 1.165) is 29.8 Å². The number of benzene rings is 1. The van der Waals surface area contributed by atoms with Crippen LogP contribution in [0.15, 0.2) is 30.6 Å². The van der Waals surface area contributed by atoms with Gasteiger partial charge in [0, 0.05) is 6.04 Å². The molecule has 1 aliphatic rings. The monoisotopic (exact) mass is 257 g/mol. The van der Waals surface area contributed by atoms with Crippen molar-refractivity contribution in [2.45, 2.75) is 38.8 Å². The highest BCUT2D eigenvalue weighted by atomic mass is 16.2. The highest BCUT2D eigenvalue weighted by Gasteiger charge is 2.22. The zero-order valence-corrected chi connectivity index (χ0v) is 11.2. The van der Waals surface area contributed by atoms with Crippen LogP contribution in [0.4, 0.5) is 0 Å². The summed E-state index contributed by atoms with van der Waals surface area (Å²) in [5.74, 6) is 0.821. The molecule has 1 saturated carbocycles. The molecule has 2 atom stereocenters. The van der Waals surface area contributed by atoms with Crippen LogP contribution in [-0.4, -0.2) is 21.5 Å². The van der Waals surface area contributed by atoms with Crippen molar-refractivity contribution in [1.29, 1.82) is 0 Å². The third kappa shape index (κ3) is 2.62. The lowest BCUT2D eigenvalue weighted by atomic mass is 10.1. The van der Waals surface area contributed by atoms with Gasteiger partial charge < -0.3 is 9.88 Å². The maximum absolute atomic E-state index is 12.1. The molecule has 1 fully saturated rings. The standard InChI is InChI=1S/C15H19N3O/c1-11-6-7-12(8-11)17-15(19)9-18-10-16-13-4-2-3-5-14(13)18/h2-5,10-12H,6-9H2,1H3,(H,17,19). The topological polar surface area (TPSA) is 46.9 Å². The SMILES string of the molecule is CC1CCC(NC(=O)Cn2cnc3ccccc32)C1. The molecule has 0 spiro atoms. The fourth-order valence-electron chi connectivity index (χ4n) is 2.90. The van der Waals surface area contributed by atoms with Crippen LogP contribution in [0.3, 0.4) is 0 Å². The van der Waals surface area contributed by atoms with E-state index in [-0.39, 0.29) is 5.91 Å². The normalized spacial score (nSPS) is 22.8. The van der Waals surface area contributed by atoms with Gasteiger partial charge in [-0.2, -0.15) is 0 Å². The van der Waals surface area contributed by atoms with Gasteiger partial charge in [0.1, 0.15) is 6.54 Å². The zero-order chi connectivity index (χ0) is 13.2. The number of nitrogens with zero attached hydrogens (tertiary/aromatic N) is 2. The van der Waals surface area contributed by atoms with Crippen molar-refractivity contribution in [2.24, 2.45) is 5.92 Å². The lowest BCUT2D eigenvalue weighted by Crippen LogP contribution is -2.35. The quantitative estimate of drug-likeness (QED) is 0.917. The Morgan fingerprint density at radius 1 is 1.42 bits per heavy atom. The summed E-state index contributed by atoms with van der Waals surface area (Å²) in [4.78, 5) is 16.4. The van der Waals surface area contributed by atoms with Crippen molar-refractivity contribution >= 4 is 16.9 Å². The third-order valence-electron chi connectivity index (χ3n) is 3.90. The van der Waals surface area contributed by atoms with Crippen molar-refractivity contribution in [1.82, 2.24) is 14.9 Å². The average Bonchev–Trinajstić information content (AvgIpc) is 2.97. The second-order valence-electron chi connectivity index (χ2n) is 5.54. The van der Waals surface area contributed by atoms with Gasteiger partial charge >= 0.3 is 0 Å². The van der Waals surface area contributed by atoms with Crippen LogP contribution in [0.2, 0.25) is 0 Å². The van der Waals surface area contributed by atoms with Gasteiger partial charge in [0.15, 0.2) is 0 Å². The highest BCUT2D eigenvalue weighted by Crippen LogP contribution is 2.24. The number of hydrogen-bond acceptors (Lipinski definition) is 2. The van der Waals surface area contributed by atoms with Gasteiger partial charge in [-0.1, -0.05) is 19.1 Å². The lowest BCUT2D eigenvalue weighted by Gasteiger charge is -2.13. The molecule has 4 heteroatoms. The number of para-hydroxylation sites is 2. The Hall–Kier alpha value is -1.84. The number of rotatable bonds is 3. The Morgan fingerprint density at radius 3 is 3.05 bits per heavy atom. The van der Waals surface area contributed by atoms with E-state index >= 15 is 0 Å². The maximum Gasteiger partial charge on any atom is 0.240 e. The first kappa shape index (κ1) is 12.2. The van der Waals surface area contributed by atoms with E-state index < -0.39 is 0 Å². The smallest absolute Gasteiger partial charge is 0.240 e. The van der Waals surface area contributed by atoms with Gasteiger partial charge in [-0.05, 0) is 37.3 Å². The molecule has 2 aromatic rings. The predicted molar refractivity (Wildman–Crippen MR) is 74.7 cm³/mol. The van der Waals surface area contributed by atoms with Gasteiger partial charge in [-0.15, -0.1) is 0 Å². The molecule has 1 aliphatic carbocycles. The van der Waals surface area contributed by atoms with Crippen LogP contribution >= 0.6 is 0 Å². The minimum atomic E-state index is 0.0854. The van der Waals surface area contributed by atoms with Crippen molar-refractivity contribution in [3.8, 4) is 0 Å². The molecule has 4 nitrogen and oxygen atoms in total. The van der Waals surface area contributed by atoms with Crippen molar-refractivity contribution < 1.29 is 4.79 Å². The van der Waals surface area contributed by atoms with E-state index in [1.165, 1.54) is 6.42 Å². The summed E-state index contributed by atoms with van der Waals surface area (Å²) < 4.78 is 1.91. The minimum absolute atomic E-state index is 0.0854. The molecule has 0 radical (unpaired) electrons. The summed E-state index contributed by atoms with van der Waals surface area (Å²) in [6.07, 6.45) is 5.18. The molecule has 2 unspecified atom stereocenters. The fraction of sp³-hybridized carbons (Fsp3) is 0.467. The van der Waals surface area contributed by atoms with E-state index in [4.69, 9.17) is 0 Å². The highest BCUT2D eigenvalue weighted by molar-refractivity contribution is 5.80. The molecular formula is C15H19N3O. The van der Waals surface area contributed by atoms with Crippen LogP contribution in [0.5, 0.6) is 0 Å². The molecule has 0 aliphatic heterocycles. The van der Waals surface area contributed by atoms with Crippen LogP contribution in [0, 0.1) is 5.92 Å². The lowest BCUT2D eigenvalue weighted by molar-refractivity contribution is -0.122. The number of hydrogen-bond donors (Lipinski definition) is 1. The zero-order valence-electron chi connectivity index (χ0n) is 11.2. The Balaban J connectivity index is 1.66. The summed E-state index contributed by atoms with van der Waals surface area (Å²) in [7, 11) is 0. The van der Waals surface area contributed by atoms with Gasteiger partial charge in [0.05, 0.1) is 17.4 Å². The van der Waals surface area contributed by atoms with Crippen LogP contribution in [0.1, 0.15) is 26.2 Å². The predicted octanol–water partition coefficient (Wildman–Crippen LogP) is 2.34. The summed E-state index contributed by atoms with van der Waals surface area (Å²) in [5.41, 5.74) is 1.95. The molecule has 0 bridgehead atoms. The molecule has 1 aromatic heterocycles. The van der Waals surface area contributed by atoms with Gasteiger partial charge in [0.2, 0.25) is 5.91 Å². The molecule has 0 saturated heterocycles. The first-order valence-electron chi connectivity index (χ1n) is 6.91. The number of fused-ring (bicyclic) bond motifs is 1. The maximum atomic E-state index is 12.1. The first-order chi connectivity index (χ1) is 9.22. The molecule has 1 heterocycles. The second kappa shape index (κ2) is 5.03. The number of aromatic nitrogens is 2. The summed E-state index contributed by atoms with van der Waals surface area (Å²) >= 11 is 0. The Kier molecular flexibility index (Phi) is 3.23. The number of amides is 1. The molecule has 100 valence electrons. The molecule has 19 heavy (non-hydrogen) atoms. The number of carbonyl (C=O) groups excluding carboxylic acids is 1. The summed E-state index contributed by atoms with van der Waals surface area (Å²) in [5, 5.41) is 3.12. The van der Waals surface area contributed by atoms with Crippen LogP contribution < -0.4 is 5.32 Å². The van der Waals surface area contributed by atoms with E-state index in [0.29, 0.717) is 12.6 Å². The Bertz CT molecular complexity index is 590. The summed E-state index contributed by atoms with van der Waals surface area (Å²) in [6.45, 7) is 2.60. The molecule has 3 rings (SSSR count). The van der Waals surface area contributed by atoms with Gasteiger partial charge in [-0.3, -0.25) is 4.79 Å². The minimum Gasteiger partial charge on any atom is -0.352 e. The largest absolute Gasteiger partial charge is 0.352 e. The fourth-order valence-corrected chi connectivity index (χ4v) is 2.90. The Labute approximate surface area is 112 Å². The Morgan fingerprint density at radius 2 is 2.26 bits per heavy atom. The van der Waals surface area contributed by atoms with Crippen LogP contribution in [-0.2, 0) is 11.3 Å². The second-order valence-corrected chi connectivity index (χ2v) is 5.54. The number of imidazole rings is 1. The van der Waals surface area contributed by atoms with Gasteiger partial charge in [0.25, 0.3) is 0 Å². The van der Waals surface area contributed by atoms with E-state index in [1.807, 2.05) is 28.8 Å². The van der Waals surface area contributed by atoms with Gasteiger partial charge in [-0.25, -0.2) is 4.98 Å². The summed E-state index contributed by atoms with van der Waals surface area (Å²) in [6, 6.07) is 8.24. The molecule has 1 N–H and O–H groups in total. The third-order valence-corrected chi connectivity index (χ3v) is 3.90.